The van der Waals surface area contributed by atoms with Crippen molar-refractivity contribution in [1.82, 2.24) is 4.98 Å². The van der Waals surface area contributed by atoms with E-state index in [9.17, 15) is 4.79 Å². The van der Waals surface area contributed by atoms with Crippen LogP contribution in [0.1, 0.15) is 16.3 Å². The Balaban J connectivity index is 2.10. The first-order valence-corrected chi connectivity index (χ1v) is 5.02. The van der Waals surface area contributed by atoms with Gasteiger partial charge >= 0.3 is 0 Å². The van der Waals surface area contributed by atoms with Gasteiger partial charge in [0.25, 0.3) is 5.91 Å². The van der Waals surface area contributed by atoms with Gasteiger partial charge in [-0.3, -0.25) is 4.79 Å². The predicted molar refractivity (Wildman–Crippen MR) is 60.6 cm³/mol. The highest BCUT2D eigenvalue weighted by Crippen LogP contribution is 2.12. The Labute approximate surface area is 97.2 Å². The second-order valence-electron chi connectivity index (χ2n) is 3.23. The van der Waals surface area contributed by atoms with Crippen molar-refractivity contribution in [2.45, 2.75) is 6.92 Å². The van der Waals surface area contributed by atoms with Gasteiger partial charge in [0.05, 0.1) is 5.02 Å². The number of furan rings is 1. The molecule has 2 aromatic rings. The lowest BCUT2D eigenvalue weighted by molar-refractivity contribution is 0.0995. The van der Waals surface area contributed by atoms with Crippen molar-refractivity contribution >= 4 is 23.3 Å². The van der Waals surface area contributed by atoms with Crippen molar-refractivity contribution in [1.29, 1.82) is 0 Å². The number of aryl methyl sites for hydroxylation is 1. The highest BCUT2D eigenvalue weighted by atomic mass is 35.5. The third-order valence-electron chi connectivity index (χ3n) is 1.93. The molecule has 0 aliphatic heterocycles. The van der Waals surface area contributed by atoms with E-state index in [2.05, 4.69) is 10.3 Å². The zero-order valence-corrected chi connectivity index (χ0v) is 9.28. The van der Waals surface area contributed by atoms with E-state index in [1.165, 1.54) is 6.20 Å². The number of hydrogen-bond donors (Lipinski definition) is 1. The summed E-state index contributed by atoms with van der Waals surface area (Å²) < 4.78 is 5.18. The molecule has 0 unspecified atom stereocenters. The minimum Gasteiger partial charge on any atom is -0.456 e. The lowest BCUT2D eigenvalue weighted by Gasteiger charge is -2.01. The fourth-order valence-corrected chi connectivity index (χ4v) is 1.30. The molecule has 0 spiro atoms. The zero-order valence-electron chi connectivity index (χ0n) is 8.53. The van der Waals surface area contributed by atoms with E-state index >= 15 is 0 Å². The molecule has 5 heteroatoms. The topological polar surface area (TPSA) is 55.1 Å². The molecule has 2 heterocycles. The molecule has 0 aliphatic carbocycles. The summed E-state index contributed by atoms with van der Waals surface area (Å²) >= 11 is 5.67. The van der Waals surface area contributed by atoms with Gasteiger partial charge in [0.15, 0.2) is 5.76 Å². The maximum absolute atomic E-state index is 11.6. The van der Waals surface area contributed by atoms with Gasteiger partial charge in [0, 0.05) is 6.20 Å². The van der Waals surface area contributed by atoms with Crippen molar-refractivity contribution in [2.24, 2.45) is 0 Å². The fraction of sp³-hybridized carbons (Fsp3) is 0.0909. The first-order chi connectivity index (χ1) is 7.65. The molecule has 16 heavy (non-hydrogen) atoms. The number of carbonyl (C=O) groups is 1. The Morgan fingerprint density at radius 3 is 2.75 bits per heavy atom. The van der Waals surface area contributed by atoms with Gasteiger partial charge in [-0.1, -0.05) is 11.6 Å². The van der Waals surface area contributed by atoms with Crippen LogP contribution in [0.25, 0.3) is 0 Å². The van der Waals surface area contributed by atoms with Crippen LogP contribution in [0, 0.1) is 6.92 Å². The molecule has 2 aromatic heterocycles. The van der Waals surface area contributed by atoms with Crippen LogP contribution in [0.2, 0.25) is 5.02 Å². The van der Waals surface area contributed by atoms with Crippen molar-refractivity contribution < 1.29 is 9.21 Å². The van der Waals surface area contributed by atoms with Gasteiger partial charge < -0.3 is 9.73 Å². The van der Waals surface area contributed by atoms with E-state index in [1.807, 2.05) is 0 Å². The highest BCUT2D eigenvalue weighted by Gasteiger charge is 2.10. The number of nitrogens with zero attached hydrogens (tertiary/aromatic N) is 1. The van der Waals surface area contributed by atoms with E-state index in [1.54, 1.807) is 31.2 Å². The van der Waals surface area contributed by atoms with Crippen LogP contribution in [0.5, 0.6) is 0 Å². The summed E-state index contributed by atoms with van der Waals surface area (Å²) in [6.07, 6.45) is 1.46. The number of carbonyl (C=O) groups excluding carboxylic acids is 1. The summed E-state index contributed by atoms with van der Waals surface area (Å²) in [5.74, 6) is 1.05. The third kappa shape index (κ3) is 2.41. The van der Waals surface area contributed by atoms with Gasteiger partial charge in [-0.25, -0.2) is 4.98 Å². The molecule has 0 bridgehead atoms. The molecule has 0 saturated heterocycles. The van der Waals surface area contributed by atoms with E-state index < -0.39 is 0 Å². The SMILES string of the molecule is Cc1ccc(C(=O)Nc2ccc(Cl)cn2)o1. The molecule has 1 N–H and O–H groups in total. The third-order valence-corrected chi connectivity index (χ3v) is 2.16. The number of amides is 1. The van der Waals surface area contributed by atoms with Crippen LogP contribution in [0.3, 0.4) is 0 Å². The van der Waals surface area contributed by atoms with E-state index in [0.29, 0.717) is 16.6 Å². The monoisotopic (exact) mass is 236 g/mol. The Morgan fingerprint density at radius 1 is 1.38 bits per heavy atom. The molecule has 2 rings (SSSR count). The van der Waals surface area contributed by atoms with Gasteiger partial charge in [-0.15, -0.1) is 0 Å². The Kier molecular flexibility index (Phi) is 2.92. The van der Waals surface area contributed by atoms with Gasteiger partial charge in [0.1, 0.15) is 11.6 Å². The van der Waals surface area contributed by atoms with Crippen LogP contribution in [0.4, 0.5) is 5.82 Å². The standard InChI is InChI=1S/C11H9ClN2O2/c1-7-2-4-9(16-7)11(15)14-10-5-3-8(12)6-13-10/h2-6H,1H3,(H,13,14,15). The molecule has 0 saturated carbocycles. The predicted octanol–water partition coefficient (Wildman–Crippen LogP) is 2.89. The van der Waals surface area contributed by atoms with Gasteiger partial charge in [0.2, 0.25) is 0 Å². The van der Waals surface area contributed by atoms with E-state index in [4.69, 9.17) is 16.0 Å². The van der Waals surface area contributed by atoms with Crippen LogP contribution in [0.15, 0.2) is 34.9 Å². The summed E-state index contributed by atoms with van der Waals surface area (Å²) in [4.78, 5) is 15.6. The van der Waals surface area contributed by atoms with Crippen molar-refractivity contribution in [3.8, 4) is 0 Å². The molecule has 0 atom stereocenters. The number of halogens is 1. The number of anilines is 1. The number of hydrogen-bond acceptors (Lipinski definition) is 3. The molecular weight excluding hydrogens is 228 g/mol. The Hall–Kier alpha value is -1.81. The number of pyridine rings is 1. The Bertz CT molecular complexity index is 505. The van der Waals surface area contributed by atoms with Crippen LogP contribution in [-0.2, 0) is 0 Å². The molecule has 1 amide bonds. The first-order valence-electron chi connectivity index (χ1n) is 4.64. The summed E-state index contributed by atoms with van der Waals surface area (Å²) in [6, 6.07) is 6.61. The largest absolute Gasteiger partial charge is 0.456 e. The summed E-state index contributed by atoms with van der Waals surface area (Å²) in [7, 11) is 0. The molecular formula is C11H9ClN2O2. The number of aromatic nitrogens is 1. The molecule has 0 aliphatic rings. The molecule has 0 aromatic carbocycles. The number of nitrogens with one attached hydrogen (secondary N) is 1. The van der Waals surface area contributed by atoms with Gasteiger partial charge in [-0.2, -0.15) is 0 Å². The average molecular weight is 237 g/mol. The zero-order chi connectivity index (χ0) is 11.5. The van der Waals surface area contributed by atoms with Crippen molar-refractivity contribution in [3.05, 3.63) is 47.0 Å². The summed E-state index contributed by atoms with van der Waals surface area (Å²) in [6.45, 7) is 1.78. The minimum atomic E-state index is -0.331. The first kappa shape index (κ1) is 10.7. The lowest BCUT2D eigenvalue weighted by atomic mass is 10.4. The lowest BCUT2D eigenvalue weighted by Crippen LogP contribution is -2.11. The summed E-state index contributed by atoms with van der Waals surface area (Å²) in [5.41, 5.74) is 0. The number of rotatable bonds is 2. The highest BCUT2D eigenvalue weighted by molar-refractivity contribution is 6.30. The molecule has 82 valence electrons. The maximum Gasteiger partial charge on any atom is 0.292 e. The van der Waals surface area contributed by atoms with Crippen molar-refractivity contribution in [3.63, 3.8) is 0 Å². The van der Waals surface area contributed by atoms with Crippen molar-refractivity contribution in [2.75, 3.05) is 5.32 Å². The van der Waals surface area contributed by atoms with E-state index in [0.717, 1.165) is 0 Å². The second-order valence-corrected chi connectivity index (χ2v) is 3.66. The Morgan fingerprint density at radius 2 is 2.19 bits per heavy atom. The molecule has 0 fully saturated rings. The minimum absolute atomic E-state index is 0.259. The normalized spacial score (nSPS) is 10.1. The smallest absolute Gasteiger partial charge is 0.292 e. The fourth-order valence-electron chi connectivity index (χ4n) is 1.18. The van der Waals surface area contributed by atoms with E-state index in [-0.39, 0.29) is 11.7 Å². The van der Waals surface area contributed by atoms with Gasteiger partial charge in [-0.05, 0) is 31.2 Å². The second kappa shape index (κ2) is 4.37. The molecule has 4 nitrogen and oxygen atoms in total. The van der Waals surface area contributed by atoms with Crippen LogP contribution >= 0.6 is 11.6 Å². The molecule has 0 radical (unpaired) electrons. The average Bonchev–Trinajstić information content (AvgIpc) is 2.68. The maximum atomic E-state index is 11.6. The quantitative estimate of drug-likeness (QED) is 0.872. The van der Waals surface area contributed by atoms with Crippen LogP contribution in [-0.4, -0.2) is 10.9 Å². The van der Waals surface area contributed by atoms with Crippen LogP contribution < -0.4 is 5.32 Å². The summed E-state index contributed by atoms with van der Waals surface area (Å²) in [5, 5.41) is 3.12.